The average Bonchev–Trinajstić information content (AvgIpc) is 2.67. The van der Waals surface area contributed by atoms with Crippen LogP contribution in [0.15, 0.2) is 12.1 Å². The van der Waals surface area contributed by atoms with Crippen molar-refractivity contribution in [2.75, 3.05) is 33.9 Å². The average molecular weight is 359 g/mol. The van der Waals surface area contributed by atoms with Gasteiger partial charge in [0.1, 0.15) is 0 Å². The summed E-state index contributed by atoms with van der Waals surface area (Å²) in [6, 6.07) is 4.67. The van der Waals surface area contributed by atoms with Crippen molar-refractivity contribution >= 4 is 5.91 Å². The van der Waals surface area contributed by atoms with Crippen molar-refractivity contribution in [1.82, 2.24) is 9.80 Å². The highest BCUT2D eigenvalue weighted by Crippen LogP contribution is 2.42. The summed E-state index contributed by atoms with van der Waals surface area (Å²) in [4.78, 5) is 16.9. The molecule has 0 radical (unpaired) electrons. The summed E-state index contributed by atoms with van der Waals surface area (Å²) in [6.45, 7) is 2.72. The number of ether oxygens (including phenoxy) is 2. The molecule has 2 saturated heterocycles. The van der Waals surface area contributed by atoms with Crippen LogP contribution in [-0.2, 0) is 11.2 Å². The quantitative estimate of drug-likeness (QED) is 0.890. The van der Waals surface area contributed by atoms with Gasteiger partial charge in [-0.2, -0.15) is 0 Å². The van der Waals surface area contributed by atoms with Gasteiger partial charge in [-0.05, 0) is 48.9 Å². The van der Waals surface area contributed by atoms with E-state index in [2.05, 4.69) is 21.9 Å². The fourth-order valence-corrected chi connectivity index (χ4v) is 4.87. The van der Waals surface area contributed by atoms with Gasteiger partial charge in [0.2, 0.25) is 5.91 Å². The highest BCUT2D eigenvalue weighted by atomic mass is 16.5. The first kappa shape index (κ1) is 17.6. The van der Waals surface area contributed by atoms with E-state index in [-0.39, 0.29) is 18.0 Å². The van der Waals surface area contributed by atoms with E-state index in [0.717, 1.165) is 56.8 Å². The second-order valence-corrected chi connectivity index (χ2v) is 7.68. The molecule has 142 valence electrons. The summed E-state index contributed by atoms with van der Waals surface area (Å²) in [5.41, 5.74) is 9.21. The summed E-state index contributed by atoms with van der Waals surface area (Å²) < 4.78 is 11.0. The van der Waals surface area contributed by atoms with E-state index in [0.29, 0.717) is 12.5 Å². The molecule has 0 aromatic heterocycles. The zero-order valence-corrected chi connectivity index (χ0v) is 15.7. The Hall–Kier alpha value is -1.79. The van der Waals surface area contributed by atoms with Crippen LogP contribution in [0.25, 0.3) is 0 Å². The number of amides is 1. The minimum absolute atomic E-state index is 0.0114. The number of piperidine rings is 2. The van der Waals surface area contributed by atoms with Crippen molar-refractivity contribution < 1.29 is 14.3 Å². The van der Waals surface area contributed by atoms with E-state index in [4.69, 9.17) is 15.2 Å². The summed E-state index contributed by atoms with van der Waals surface area (Å²) in [6.07, 6.45) is 4.64. The highest BCUT2D eigenvalue weighted by Gasteiger charge is 2.41. The number of methoxy groups -OCH3 is 2. The fourth-order valence-electron chi connectivity index (χ4n) is 4.87. The predicted molar refractivity (Wildman–Crippen MR) is 99.5 cm³/mol. The summed E-state index contributed by atoms with van der Waals surface area (Å²) in [5, 5.41) is 0. The molecule has 0 saturated carbocycles. The van der Waals surface area contributed by atoms with Gasteiger partial charge in [0.05, 0.1) is 20.3 Å². The van der Waals surface area contributed by atoms with Gasteiger partial charge in [0.15, 0.2) is 11.5 Å². The van der Waals surface area contributed by atoms with Crippen molar-refractivity contribution in [3.63, 3.8) is 0 Å². The molecule has 6 heteroatoms. The van der Waals surface area contributed by atoms with Crippen LogP contribution in [0.4, 0.5) is 0 Å². The Labute approximate surface area is 155 Å². The van der Waals surface area contributed by atoms with Gasteiger partial charge >= 0.3 is 0 Å². The van der Waals surface area contributed by atoms with E-state index >= 15 is 0 Å². The van der Waals surface area contributed by atoms with Crippen LogP contribution in [-0.4, -0.2) is 61.6 Å². The fraction of sp³-hybridized carbons (Fsp3) is 0.650. The van der Waals surface area contributed by atoms with Crippen LogP contribution in [0.5, 0.6) is 11.5 Å². The topological polar surface area (TPSA) is 68.0 Å². The Bertz CT molecular complexity index is 693. The van der Waals surface area contributed by atoms with Crippen molar-refractivity contribution in [3.05, 3.63) is 23.3 Å². The number of benzene rings is 1. The van der Waals surface area contributed by atoms with Crippen molar-refractivity contribution in [3.8, 4) is 11.5 Å². The van der Waals surface area contributed by atoms with E-state index in [1.54, 1.807) is 14.2 Å². The molecule has 0 spiro atoms. The van der Waals surface area contributed by atoms with Crippen LogP contribution in [0.2, 0.25) is 0 Å². The zero-order chi connectivity index (χ0) is 18.3. The molecule has 1 aromatic carbocycles. The van der Waals surface area contributed by atoms with Gasteiger partial charge < -0.3 is 20.1 Å². The van der Waals surface area contributed by atoms with Crippen molar-refractivity contribution in [1.29, 1.82) is 0 Å². The van der Waals surface area contributed by atoms with E-state index in [9.17, 15) is 4.79 Å². The molecular weight excluding hydrogens is 330 g/mol. The van der Waals surface area contributed by atoms with Crippen LogP contribution >= 0.6 is 0 Å². The van der Waals surface area contributed by atoms with Crippen LogP contribution < -0.4 is 15.2 Å². The number of rotatable bonds is 3. The Morgan fingerprint density at radius 3 is 2.58 bits per heavy atom. The third-order valence-corrected chi connectivity index (χ3v) is 6.29. The third-order valence-electron chi connectivity index (χ3n) is 6.29. The first-order valence-electron chi connectivity index (χ1n) is 9.66. The second-order valence-electron chi connectivity index (χ2n) is 7.68. The standard InChI is InChI=1S/C20H29N3O3/c1-25-18-9-13-6-8-22-12-17(23-7-4-3-5-20(23)24)15(21)11-16(22)14(13)10-19(18)26-2/h9-10,15-17H,3-8,11-12,21H2,1-2H3. The number of likely N-dealkylation sites (tertiary alicyclic amines) is 1. The minimum Gasteiger partial charge on any atom is -0.493 e. The molecule has 26 heavy (non-hydrogen) atoms. The molecule has 2 fully saturated rings. The van der Waals surface area contributed by atoms with E-state index in [1.165, 1.54) is 11.1 Å². The van der Waals surface area contributed by atoms with E-state index < -0.39 is 0 Å². The first-order chi connectivity index (χ1) is 12.6. The maximum atomic E-state index is 12.4. The number of carbonyl (C=O) groups is 1. The molecule has 0 aliphatic carbocycles. The van der Waals surface area contributed by atoms with E-state index in [1.807, 2.05) is 0 Å². The lowest BCUT2D eigenvalue weighted by molar-refractivity contribution is -0.138. The van der Waals surface area contributed by atoms with Gasteiger partial charge in [-0.1, -0.05) is 0 Å². The molecule has 2 N–H and O–H groups in total. The molecule has 3 aliphatic heterocycles. The highest BCUT2D eigenvalue weighted by molar-refractivity contribution is 5.77. The Kier molecular flexibility index (Phi) is 4.80. The van der Waals surface area contributed by atoms with Gasteiger partial charge in [-0.3, -0.25) is 9.69 Å². The molecule has 3 atom stereocenters. The molecular formula is C20H29N3O3. The smallest absolute Gasteiger partial charge is 0.222 e. The molecule has 3 aliphatic rings. The maximum Gasteiger partial charge on any atom is 0.222 e. The first-order valence-corrected chi connectivity index (χ1v) is 9.66. The number of nitrogens with zero attached hydrogens (tertiary/aromatic N) is 2. The lowest BCUT2D eigenvalue weighted by atomic mass is 9.82. The summed E-state index contributed by atoms with van der Waals surface area (Å²) in [7, 11) is 3.35. The minimum atomic E-state index is 0.0114. The maximum absolute atomic E-state index is 12.4. The Morgan fingerprint density at radius 2 is 1.85 bits per heavy atom. The number of hydrogen-bond acceptors (Lipinski definition) is 5. The van der Waals surface area contributed by atoms with Crippen molar-refractivity contribution in [2.45, 2.75) is 50.2 Å². The van der Waals surface area contributed by atoms with Crippen LogP contribution in [0.1, 0.15) is 42.9 Å². The summed E-state index contributed by atoms with van der Waals surface area (Å²) >= 11 is 0. The Morgan fingerprint density at radius 1 is 1.08 bits per heavy atom. The van der Waals surface area contributed by atoms with Gasteiger partial charge in [0.25, 0.3) is 0 Å². The monoisotopic (exact) mass is 359 g/mol. The molecule has 3 heterocycles. The number of hydrogen-bond donors (Lipinski definition) is 1. The predicted octanol–water partition coefficient (Wildman–Crippen LogP) is 1.72. The molecule has 3 unspecified atom stereocenters. The summed E-state index contributed by atoms with van der Waals surface area (Å²) in [5.74, 6) is 1.84. The van der Waals surface area contributed by atoms with Crippen LogP contribution in [0.3, 0.4) is 0 Å². The number of carbonyl (C=O) groups excluding carboxylic acids is 1. The van der Waals surface area contributed by atoms with Crippen LogP contribution in [0, 0.1) is 0 Å². The molecule has 6 nitrogen and oxygen atoms in total. The van der Waals surface area contributed by atoms with Gasteiger partial charge in [-0.15, -0.1) is 0 Å². The lowest BCUT2D eigenvalue weighted by Gasteiger charge is -2.50. The lowest BCUT2D eigenvalue weighted by Crippen LogP contribution is -2.62. The van der Waals surface area contributed by atoms with Crippen molar-refractivity contribution in [2.24, 2.45) is 5.73 Å². The van der Waals surface area contributed by atoms with Gasteiger partial charge in [-0.25, -0.2) is 0 Å². The zero-order valence-electron chi connectivity index (χ0n) is 15.7. The molecule has 4 rings (SSSR count). The number of nitrogens with two attached hydrogens (primary N) is 1. The Balaban J connectivity index is 1.59. The SMILES string of the molecule is COc1cc2c(cc1OC)C1CC(N)C(N3CCCCC3=O)CN1CC2. The molecule has 1 amide bonds. The normalized spacial score (nSPS) is 29.1. The number of fused-ring (bicyclic) bond motifs is 3. The third kappa shape index (κ3) is 2.95. The second kappa shape index (κ2) is 7.08. The largest absolute Gasteiger partial charge is 0.493 e. The molecule has 1 aromatic rings. The van der Waals surface area contributed by atoms with Gasteiger partial charge in [0, 0.05) is 38.1 Å². The molecule has 0 bridgehead atoms.